The van der Waals surface area contributed by atoms with Gasteiger partial charge in [-0.2, -0.15) is 0 Å². The van der Waals surface area contributed by atoms with Crippen LogP contribution in [0, 0.1) is 0 Å². The van der Waals surface area contributed by atoms with Gasteiger partial charge in [0.25, 0.3) is 0 Å². The highest BCUT2D eigenvalue weighted by Crippen LogP contribution is 2.27. The fourth-order valence-corrected chi connectivity index (χ4v) is 2.39. The summed E-state index contributed by atoms with van der Waals surface area (Å²) < 4.78 is 15.6. The average Bonchev–Trinajstić information content (AvgIpc) is 2.74. The number of amides is 1. The monoisotopic (exact) mass is 386 g/mol. The van der Waals surface area contributed by atoms with Crippen LogP contribution in [0.4, 0.5) is 0 Å². The molecule has 0 aliphatic heterocycles. The quantitative estimate of drug-likeness (QED) is 0.445. The number of carbonyl (C=O) groups is 1. The van der Waals surface area contributed by atoms with Crippen LogP contribution in [-0.4, -0.2) is 39.7 Å². The zero-order valence-electron chi connectivity index (χ0n) is 16.3. The third kappa shape index (κ3) is 6.39. The third-order valence-corrected chi connectivity index (χ3v) is 3.96. The number of nitrogens with two attached hydrogens (primary N) is 1. The number of guanidine groups is 1. The zero-order chi connectivity index (χ0) is 20.4. The van der Waals surface area contributed by atoms with Crippen molar-refractivity contribution in [2.75, 3.05) is 27.9 Å². The summed E-state index contributed by atoms with van der Waals surface area (Å²) in [5.41, 5.74) is 7.71. The van der Waals surface area contributed by atoms with E-state index in [2.05, 4.69) is 15.6 Å². The summed E-state index contributed by atoms with van der Waals surface area (Å²) in [7, 11) is 4.77. The molecule has 1 amide bonds. The molecule has 0 aliphatic rings. The summed E-state index contributed by atoms with van der Waals surface area (Å²) in [6, 6.07) is 13.0. The molecule has 0 radical (unpaired) electrons. The Hall–Kier alpha value is -3.42. The predicted molar refractivity (Wildman–Crippen MR) is 108 cm³/mol. The summed E-state index contributed by atoms with van der Waals surface area (Å²) in [6.45, 7) is 0.817. The van der Waals surface area contributed by atoms with E-state index in [1.165, 1.54) is 0 Å². The van der Waals surface area contributed by atoms with Crippen molar-refractivity contribution in [1.29, 1.82) is 0 Å². The average molecular weight is 386 g/mol. The Morgan fingerprint density at radius 2 is 1.61 bits per heavy atom. The van der Waals surface area contributed by atoms with Crippen molar-refractivity contribution >= 4 is 11.9 Å². The lowest BCUT2D eigenvalue weighted by Gasteiger charge is -2.09. The van der Waals surface area contributed by atoms with E-state index in [0.29, 0.717) is 24.6 Å². The molecule has 4 N–H and O–H groups in total. The number of methoxy groups -OCH3 is 3. The summed E-state index contributed by atoms with van der Waals surface area (Å²) in [6.07, 6.45) is 0. The van der Waals surface area contributed by atoms with Gasteiger partial charge in [-0.1, -0.05) is 18.2 Å². The Kier molecular flexibility index (Phi) is 7.95. The van der Waals surface area contributed by atoms with Gasteiger partial charge < -0.3 is 30.6 Å². The first-order chi connectivity index (χ1) is 13.5. The van der Waals surface area contributed by atoms with Gasteiger partial charge in [-0.15, -0.1) is 0 Å². The normalized spacial score (nSPS) is 10.9. The molecule has 0 saturated heterocycles. The molecule has 0 saturated carbocycles. The molecule has 2 aromatic rings. The number of hydrogen-bond donors (Lipinski definition) is 3. The standard InChI is InChI=1S/C20H26N4O4/c1-26-16-7-4-14(5-8-16)11-22-19(25)13-24-20(21)23-12-15-6-9-17(27-2)18(10-15)28-3/h4-10H,11-13H2,1-3H3,(H,22,25)(H3,21,23,24). The summed E-state index contributed by atoms with van der Waals surface area (Å²) >= 11 is 0. The SMILES string of the molecule is COc1ccc(CNC(=O)CNC(N)=NCc2ccc(OC)c(OC)c2)cc1. The van der Waals surface area contributed by atoms with Crippen molar-refractivity contribution in [2.45, 2.75) is 13.1 Å². The van der Waals surface area contributed by atoms with E-state index in [-0.39, 0.29) is 18.4 Å². The van der Waals surface area contributed by atoms with E-state index >= 15 is 0 Å². The number of nitrogens with one attached hydrogen (secondary N) is 2. The number of rotatable bonds is 9. The van der Waals surface area contributed by atoms with Crippen LogP contribution in [0.5, 0.6) is 17.2 Å². The molecule has 0 bridgehead atoms. The van der Waals surface area contributed by atoms with Crippen LogP contribution in [0.25, 0.3) is 0 Å². The van der Waals surface area contributed by atoms with Crippen LogP contribution in [0.2, 0.25) is 0 Å². The van der Waals surface area contributed by atoms with E-state index < -0.39 is 0 Å². The van der Waals surface area contributed by atoms with Gasteiger partial charge >= 0.3 is 0 Å². The van der Waals surface area contributed by atoms with Gasteiger partial charge in [0, 0.05) is 6.54 Å². The topological polar surface area (TPSA) is 107 Å². The molecule has 2 rings (SSSR count). The largest absolute Gasteiger partial charge is 0.497 e. The second kappa shape index (κ2) is 10.7. The zero-order valence-corrected chi connectivity index (χ0v) is 16.3. The second-order valence-corrected chi connectivity index (χ2v) is 5.87. The van der Waals surface area contributed by atoms with E-state index in [9.17, 15) is 4.79 Å². The van der Waals surface area contributed by atoms with Crippen molar-refractivity contribution in [2.24, 2.45) is 10.7 Å². The number of carbonyl (C=O) groups excluding carboxylic acids is 1. The summed E-state index contributed by atoms with van der Waals surface area (Å²) in [5, 5.41) is 5.61. The minimum absolute atomic E-state index is 0.0391. The lowest BCUT2D eigenvalue weighted by molar-refractivity contribution is -0.120. The van der Waals surface area contributed by atoms with Crippen LogP contribution in [-0.2, 0) is 17.9 Å². The van der Waals surface area contributed by atoms with E-state index in [0.717, 1.165) is 16.9 Å². The van der Waals surface area contributed by atoms with E-state index in [1.54, 1.807) is 27.4 Å². The molecule has 0 heterocycles. The number of nitrogens with zero attached hydrogens (tertiary/aromatic N) is 1. The summed E-state index contributed by atoms with van der Waals surface area (Å²) in [4.78, 5) is 16.2. The molecule has 0 unspecified atom stereocenters. The molecular weight excluding hydrogens is 360 g/mol. The van der Waals surface area contributed by atoms with Crippen LogP contribution in [0.15, 0.2) is 47.5 Å². The number of ether oxygens (including phenoxy) is 3. The maximum absolute atomic E-state index is 11.9. The molecule has 150 valence electrons. The molecule has 0 aliphatic carbocycles. The Morgan fingerprint density at radius 3 is 2.25 bits per heavy atom. The first-order valence-corrected chi connectivity index (χ1v) is 8.70. The molecule has 0 atom stereocenters. The van der Waals surface area contributed by atoms with Gasteiger partial charge in [0.05, 0.1) is 34.4 Å². The van der Waals surface area contributed by atoms with Crippen molar-refractivity contribution < 1.29 is 19.0 Å². The molecule has 28 heavy (non-hydrogen) atoms. The predicted octanol–water partition coefficient (Wildman–Crippen LogP) is 1.43. The maximum atomic E-state index is 11.9. The van der Waals surface area contributed by atoms with Gasteiger partial charge in [0.2, 0.25) is 5.91 Å². The maximum Gasteiger partial charge on any atom is 0.239 e. The van der Waals surface area contributed by atoms with E-state index in [1.807, 2.05) is 36.4 Å². The van der Waals surface area contributed by atoms with Crippen LogP contribution in [0.3, 0.4) is 0 Å². The number of benzene rings is 2. The van der Waals surface area contributed by atoms with Gasteiger partial charge in [-0.3, -0.25) is 4.79 Å². The van der Waals surface area contributed by atoms with Gasteiger partial charge in [0.15, 0.2) is 17.5 Å². The van der Waals surface area contributed by atoms with Gasteiger partial charge in [-0.05, 0) is 35.4 Å². The minimum Gasteiger partial charge on any atom is -0.497 e. The van der Waals surface area contributed by atoms with Crippen molar-refractivity contribution in [3.8, 4) is 17.2 Å². The molecule has 8 nitrogen and oxygen atoms in total. The van der Waals surface area contributed by atoms with Gasteiger partial charge in [0.1, 0.15) is 5.75 Å². The van der Waals surface area contributed by atoms with Crippen molar-refractivity contribution in [1.82, 2.24) is 10.6 Å². The summed E-state index contributed by atoms with van der Waals surface area (Å²) in [5.74, 6) is 2.05. The highest BCUT2D eigenvalue weighted by molar-refractivity contribution is 5.85. The molecular formula is C20H26N4O4. The lowest BCUT2D eigenvalue weighted by Crippen LogP contribution is -2.40. The minimum atomic E-state index is -0.180. The van der Waals surface area contributed by atoms with Crippen LogP contribution in [0.1, 0.15) is 11.1 Å². The van der Waals surface area contributed by atoms with Crippen LogP contribution < -0.4 is 30.6 Å². The Labute approximate surface area is 164 Å². The smallest absolute Gasteiger partial charge is 0.239 e. The van der Waals surface area contributed by atoms with Gasteiger partial charge in [-0.25, -0.2) is 4.99 Å². The number of aliphatic imine (C=N–C) groups is 1. The van der Waals surface area contributed by atoms with E-state index in [4.69, 9.17) is 19.9 Å². The fraction of sp³-hybridized carbons (Fsp3) is 0.300. The Balaban J connectivity index is 1.77. The molecule has 0 spiro atoms. The number of hydrogen-bond acceptors (Lipinski definition) is 5. The lowest BCUT2D eigenvalue weighted by atomic mass is 10.2. The highest BCUT2D eigenvalue weighted by Gasteiger charge is 2.05. The molecule has 0 aromatic heterocycles. The molecule has 2 aromatic carbocycles. The third-order valence-electron chi connectivity index (χ3n) is 3.96. The highest BCUT2D eigenvalue weighted by atomic mass is 16.5. The Bertz CT molecular complexity index is 806. The van der Waals surface area contributed by atoms with Crippen LogP contribution >= 0.6 is 0 Å². The van der Waals surface area contributed by atoms with Crippen molar-refractivity contribution in [3.63, 3.8) is 0 Å². The fourth-order valence-electron chi connectivity index (χ4n) is 2.39. The Morgan fingerprint density at radius 1 is 0.929 bits per heavy atom. The second-order valence-electron chi connectivity index (χ2n) is 5.87. The molecule has 8 heteroatoms. The first kappa shape index (κ1) is 20.9. The first-order valence-electron chi connectivity index (χ1n) is 8.70. The van der Waals surface area contributed by atoms with Crippen molar-refractivity contribution in [3.05, 3.63) is 53.6 Å². The molecule has 0 fully saturated rings.